The van der Waals surface area contributed by atoms with E-state index in [4.69, 9.17) is 0 Å². The summed E-state index contributed by atoms with van der Waals surface area (Å²) in [5.74, 6) is 0. The molecule has 4 heteroatoms. The van der Waals surface area contributed by atoms with Gasteiger partial charge >= 0.3 is 0 Å². The number of hydrogen-bond acceptors (Lipinski definition) is 3. The van der Waals surface area contributed by atoms with Crippen molar-refractivity contribution in [2.45, 2.75) is 0 Å². The Morgan fingerprint density at radius 2 is 1.35 bits per heavy atom. The highest BCUT2D eigenvalue weighted by atomic mass is 32.1. The van der Waals surface area contributed by atoms with Crippen LogP contribution in [0.25, 0.3) is 50.5 Å². The molecule has 0 fully saturated rings. The van der Waals surface area contributed by atoms with Crippen LogP contribution < -0.4 is 5.32 Å². The van der Waals surface area contributed by atoms with Crippen molar-refractivity contribution in [1.82, 2.24) is 9.88 Å². The molecular weight excluding hydrogens is 543 g/mol. The van der Waals surface area contributed by atoms with Crippen molar-refractivity contribution in [2.24, 2.45) is 0 Å². The highest BCUT2D eigenvalue weighted by Crippen LogP contribution is 2.38. The Morgan fingerprint density at radius 3 is 2.16 bits per heavy atom. The number of fused-ring (bicyclic) bond motifs is 4. The summed E-state index contributed by atoms with van der Waals surface area (Å²) >= 11 is 1.71. The van der Waals surface area contributed by atoms with Gasteiger partial charge in [0.2, 0.25) is 0 Å². The summed E-state index contributed by atoms with van der Waals surface area (Å²) in [6.07, 6.45) is 2.21. The summed E-state index contributed by atoms with van der Waals surface area (Å²) in [7, 11) is 0. The minimum Gasteiger partial charge on any atom is -0.353 e. The molecule has 204 valence electrons. The minimum atomic E-state index is 0.475. The van der Waals surface area contributed by atoms with E-state index < -0.39 is 0 Å². The van der Waals surface area contributed by atoms with E-state index in [9.17, 15) is 5.41 Å². The summed E-state index contributed by atoms with van der Waals surface area (Å²) < 4.78 is 2.31. The number of thiophene rings is 1. The van der Waals surface area contributed by atoms with E-state index in [1.807, 2.05) is 24.3 Å². The van der Waals surface area contributed by atoms with Crippen molar-refractivity contribution in [1.29, 1.82) is 5.41 Å². The van der Waals surface area contributed by atoms with Crippen LogP contribution in [0.15, 0.2) is 145 Å². The third-order valence-corrected chi connectivity index (χ3v) is 9.02. The monoisotopic (exact) mass is 569 g/mol. The zero-order valence-corrected chi connectivity index (χ0v) is 24.1. The number of nitrogens with zero attached hydrogens (tertiary/aromatic N) is 1. The van der Waals surface area contributed by atoms with Crippen LogP contribution in [-0.2, 0) is 0 Å². The zero-order valence-electron chi connectivity index (χ0n) is 23.3. The number of nitrogens with one attached hydrogen (secondary N) is 2. The summed E-state index contributed by atoms with van der Waals surface area (Å²) in [4.78, 5) is 1.17. The van der Waals surface area contributed by atoms with E-state index in [0.717, 1.165) is 55.9 Å². The maximum atomic E-state index is 9.80. The number of rotatable bonds is 5. The lowest BCUT2D eigenvalue weighted by Crippen LogP contribution is -2.20. The lowest BCUT2D eigenvalue weighted by molar-refractivity contribution is 1.18. The molecule has 3 heterocycles. The first-order valence-electron chi connectivity index (χ1n) is 14.4. The fourth-order valence-corrected chi connectivity index (χ4v) is 6.85. The fourth-order valence-electron chi connectivity index (χ4n) is 6.15. The van der Waals surface area contributed by atoms with Gasteiger partial charge in [0.15, 0.2) is 0 Å². The summed E-state index contributed by atoms with van der Waals surface area (Å²) in [5.41, 5.74) is 10.8. The smallest absolute Gasteiger partial charge is 0.0712 e. The van der Waals surface area contributed by atoms with Crippen LogP contribution in [0.2, 0.25) is 0 Å². The van der Waals surface area contributed by atoms with Crippen molar-refractivity contribution in [3.63, 3.8) is 0 Å². The molecule has 0 aliphatic carbocycles. The zero-order chi connectivity index (χ0) is 28.8. The Bertz CT molecular complexity index is 2200. The van der Waals surface area contributed by atoms with Gasteiger partial charge in [-0.25, -0.2) is 0 Å². The topological polar surface area (TPSA) is 40.8 Å². The van der Waals surface area contributed by atoms with E-state index >= 15 is 0 Å². The molecule has 43 heavy (non-hydrogen) atoms. The van der Waals surface area contributed by atoms with Crippen LogP contribution in [-0.4, -0.2) is 10.3 Å². The largest absolute Gasteiger partial charge is 0.353 e. The van der Waals surface area contributed by atoms with Crippen LogP contribution in [0, 0.1) is 5.41 Å². The van der Waals surface area contributed by atoms with E-state index in [1.54, 1.807) is 11.3 Å². The Morgan fingerprint density at radius 1 is 0.628 bits per heavy atom. The van der Waals surface area contributed by atoms with Crippen molar-refractivity contribution in [2.75, 3.05) is 0 Å². The van der Waals surface area contributed by atoms with Gasteiger partial charge in [0, 0.05) is 33.2 Å². The van der Waals surface area contributed by atoms with Gasteiger partial charge in [0.05, 0.1) is 33.0 Å². The predicted octanol–water partition coefficient (Wildman–Crippen LogP) is 9.88. The number of benzene rings is 5. The van der Waals surface area contributed by atoms with E-state index in [-0.39, 0.29) is 0 Å². The Balaban J connectivity index is 1.37. The van der Waals surface area contributed by atoms with Gasteiger partial charge in [-0.2, -0.15) is 0 Å². The van der Waals surface area contributed by atoms with Gasteiger partial charge in [-0.05, 0) is 52.9 Å². The predicted molar refractivity (Wildman–Crippen MR) is 183 cm³/mol. The molecule has 0 radical (unpaired) electrons. The van der Waals surface area contributed by atoms with Crippen LogP contribution in [0.5, 0.6) is 0 Å². The Kier molecular flexibility index (Phi) is 6.13. The molecule has 3 nitrogen and oxygen atoms in total. The van der Waals surface area contributed by atoms with Crippen LogP contribution in [0.3, 0.4) is 0 Å². The molecule has 5 aromatic carbocycles. The second-order valence-electron chi connectivity index (χ2n) is 10.7. The van der Waals surface area contributed by atoms with Crippen LogP contribution >= 0.6 is 11.3 Å². The molecule has 2 N–H and O–H groups in total. The lowest BCUT2D eigenvalue weighted by Gasteiger charge is -2.25. The molecule has 1 aliphatic heterocycles. The maximum Gasteiger partial charge on any atom is 0.0712 e. The highest BCUT2D eigenvalue weighted by molar-refractivity contribution is 7.11. The van der Waals surface area contributed by atoms with E-state index in [1.165, 1.54) is 15.6 Å². The Labute approximate surface area is 254 Å². The maximum absolute atomic E-state index is 9.80. The SMILES string of the molecule is N=C(/C(=C1\NC(c2cccs2)=Cc2ccccc21)c1ccccc1)c1ccc2c3ccccc3n(-c3ccccc3)c2c1. The normalized spacial score (nSPS) is 13.8. The molecule has 8 rings (SSSR count). The van der Waals surface area contributed by atoms with Crippen molar-refractivity contribution >= 4 is 61.9 Å². The lowest BCUT2D eigenvalue weighted by atomic mass is 9.88. The van der Waals surface area contributed by atoms with Crippen molar-refractivity contribution < 1.29 is 0 Å². The first-order chi connectivity index (χ1) is 21.3. The quantitative estimate of drug-likeness (QED) is 0.199. The van der Waals surface area contributed by atoms with Gasteiger partial charge in [0.25, 0.3) is 0 Å². The molecule has 7 aromatic rings. The molecule has 0 spiro atoms. The van der Waals surface area contributed by atoms with Gasteiger partial charge < -0.3 is 9.88 Å². The van der Waals surface area contributed by atoms with Crippen molar-refractivity contribution in [3.8, 4) is 5.69 Å². The average molecular weight is 570 g/mol. The first kappa shape index (κ1) is 25.3. The molecule has 0 unspecified atom stereocenters. The minimum absolute atomic E-state index is 0.475. The summed E-state index contributed by atoms with van der Waals surface area (Å²) in [6.45, 7) is 0. The third kappa shape index (κ3) is 4.32. The number of aromatic nitrogens is 1. The van der Waals surface area contributed by atoms with Gasteiger partial charge in [-0.3, -0.25) is 5.41 Å². The summed E-state index contributed by atoms with van der Waals surface area (Å²) in [5, 5.41) is 18.0. The second kappa shape index (κ2) is 10.4. The van der Waals surface area contributed by atoms with Gasteiger partial charge in [0.1, 0.15) is 0 Å². The number of para-hydroxylation sites is 2. The average Bonchev–Trinajstić information content (AvgIpc) is 3.72. The molecule has 0 bridgehead atoms. The van der Waals surface area contributed by atoms with E-state index in [0.29, 0.717) is 5.71 Å². The van der Waals surface area contributed by atoms with E-state index in [2.05, 4.69) is 137 Å². The van der Waals surface area contributed by atoms with Gasteiger partial charge in [-0.1, -0.05) is 109 Å². The molecule has 0 saturated carbocycles. The number of hydrogen-bond donors (Lipinski definition) is 2. The summed E-state index contributed by atoms with van der Waals surface area (Å²) in [6, 6.07) is 48.4. The Hall–Kier alpha value is -5.45. The highest BCUT2D eigenvalue weighted by Gasteiger charge is 2.24. The molecule has 1 aliphatic rings. The molecule has 0 saturated heterocycles. The molecule has 2 aromatic heterocycles. The molecule has 0 amide bonds. The van der Waals surface area contributed by atoms with Crippen LogP contribution in [0.1, 0.15) is 27.1 Å². The third-order valence-electron chi connectivity index (χ3n) is 8.12. The molecular formula is C39H27N3S. The van der Waals surface area contributed by atoms with Crippen molar-refractivity contribution in [3.05, 3.63) is 172 Å². The number of allylic oxidation sites excluding steroid dienone is 1. The first-order valence-corrected chi connectivity index (χ1v) is 15.2. The fraction of sp³-hybridized carbons (Fsp3) is 0. The van der Waals surface area contributed by atoms with Gasteiger partial charge in [-0.15, -0.1) is 11.3 Å². The molecule has 0 atom stereocenters. The second-order valence-corrected chi connectivity index (χ2v) is 11.6. The standard InChI is InChI=1S/C39H27N3S/c40-38(28-21-22-32-31-18-9-10-19-34(31)42(35(32)25-28)29-15-5-2-6-16-29)37(26-12-3-1-4-13-26)39-30-17-8-7-14-27(30)24-33(41-39)36-20-11-23-43-36/h1-25,40-41H/b39-37-,40-38?. The van der Waals surface area contributed by atoms with Crippen LogP contribution in [0.4, 0.5) is 0 Å².